The molecule has 0 radical (unpaired) electrons. The highest BCUT2D eigenvalue weighted by atomic mass is 16.6. The molecule has 5 heteroatoms. The minimum absolute atomic E-state index is 0.0618. The van der Waals surface area contributed by atoms with Gasteiger partial charge in [0.1, 0.15) is 6.61 Å². The maximum absolute atomic E-state index is 12.0. The van der Waals surface area contributed by atoms with Crippen molar-refractivity contribution >= 4 is 11.9 Å². The van der Waals surface area contributed by atoms with Gasteiger partial charge in [0.05, 0.1) is 6.61 Å². The summed E-state index contributed by atoms with van der Waals surface area (Å²) in [6, 6.07) is 0. The largest absolute Gasteiger partial charge is 0.462 e. The first-order valence-electron chi connectivity index (χ1n) is 15.4. The van der Waals surface area contributed by atoms with Crippen molar-refractivity contribution in [3.05, 3.63) is 0 Å². The van der Waals surface area contributed by atoms with Crippen molar-refractivity contribution in [2.45, 2.75) is 162 Å². The Kier molecular flexibility index (Phi) is 24.8. The van der Waals surface area contributed by atoms with Gasteiger partial charge in [-0.3, -0.25) is 9.59 Å². The second-order valence-electron chi connectivity index (χ2n) is 11.0. The first-order valence-corrected chi connectivity index (χ1v) is 15.4. The van der Waals surface area contributed by atoms with E-state index >= 15 is 0 Å². The van der Waals surface area contributed by atoms with E-state index in [4.69, 9.17) is 9.47 Å². The lowest BCUT2D eigenvalue weighted by Crippen LogP contribution is -2.28. The van der Waals surface area contributed by atoms with Crippen LogP contribution < -0.4 is 0 Å². The summed E-state index contributed by atoms with van der Waals surface area (Å²) in [5.41, 5.74) is 0. The normalized spacial score (nSPS) is 13.8. The van der Waals surface area contributed by atoms with Crippen molar-refractivity contribution in [3.8, 4) is 0 Å². The molecule has 0 aromatic rings. The molecule has 2 unspecified atom stereocenters. The lowest BCUT2D eigenvalue weighted by molar-refractivity contribution is -0.161. The van der Waals surface area contributed by atoms with Gasteiger partial charge < -0.3 is 14.6 Å². The summed E-state index contributed by atoms with van der Waals surface area (Å²) in [5, 5.41) is 9.46. The van der Waals surface area contributed by atoms with Gasteiger partial charge in [0.15, 0.2) is 6.10 Å². The number of aliphatic hydroxyl groups excluding tert-OH is 1. The molecule has 0 heterocycles. The number of rotatable bonds is 26. The number of hydrogen-bond acceptors (Lipinski definition) is 5. The predicted molar refractivity (Wildman–Crippen MR) is 150 cm³/mol. The van der Waals surface area contributed by atoms with E-state index in [-0.39, 0.29) is 25.2 Å². The van der Waals surface area contributed by atoms with Gasteiger partial charge in [-0.1, -0.05) is 130 Å². The van der Waals surface area contributed by atoms with Crippen LogP contribution in [0.2, 0.25) is 0 Å². The molecule has 0 aliphatic heterocycles. The zero-order valence-electron chi connectivity index (χ0n) is 24.4. The highest BCUT2D eigenvalue weighted by molar-refractivity contribution is 5.70. The zero-order valence-corrected chi connectivity index (χ0v) is 24.4. The van der Waals surface area contributed by atoms with Crippen LogP contribution in [0.4, 0.5) is 0 Å². The van der Waals surface area contributed by atoms with Gasteiger partial charge in [-0.25, -0.2) is 0 Å². The van der Waals surface area contributed by atoms with E-state index in [1.807, 2.05) is 0 Å². The van der Waals surface area contributed by atoms with Crippen molar-refractivity contribution in [2.24, 2.45) is 11.8 Å². The number of hydrogen-bond donors (Lipinski definition) is 1. The third-order valence-corrected chi connectivity index (χ3v) is 7.48. The van der Waals surface area contributed by atoms with Crippen LogP contribution >= 0.6 is 0 Å². The van der Waals surface area contributed by atoms with E-state index in [2.05, 4.69) is 27.7 Å². The topological polar surface area (TPSA) is 72.8 Å². The standard InChI is InChI=1S/C31H60O5/c1-5-27(3)21-17-13-9-7-8-10-16-20-24-31(34)36-29(25-32)26-35-30(33)23-19-15-12-11-14-18-22-28(4)6-2/h27-29,32H,5-26H2,1-4H3/t27?,28?,29-/m0/s1. The van der Waals surface area contributed by atoms with E-state index in [0.29, 0.717) is 12.8 Å². The van der Waals surface area contributed by atoms with Crippen LogP contribution in [0.15, 0.2) is 0 Å². The predicted octanol–water partition coefficient (Wildman–Crippen LogP) is 8.55. The minimum Gasteiger partial charge on any atom is -0.462 e. The van der Waals surface area contributed by atoms with Gasteiger partial charge in [-0.15, -0.1) is 0 Å². The van der Waals surface area contributed by atoms with Crippen LogP contribution in [-0.4, -0.2) is 36.4 Å². The number of unbranched alkanes of at least 4 members (excludes halogenated alkanes) is 12. The van der Waals surface area contributed by atoms with E-state index < -0.39 is 6.10 Å². The monoisotopic (exact) mass is 512 g/mol. The molecule has 0 aliphatic rings. The molecule has 0 aliphatic carbocycles. The number of ether oxygens (including phenoxy) is 2. The fraction of sp³-hybridized carbons (Fsp3) is 0.935. The lowest BCUT2D eigenvalue weighted by Gasteiger charge is -2.15. The number of carbonyl (C=O) groups excluding carboxylic acids is 2. The molecule has 0 saturated carbocycles. The fourth-order valence-corrected chi connectivity index (χ4v) is 4.33. The molecule has 3 atom stereocenters. The van der Waals surface area contributed by atoms with Crippen LogP contribution in [0.25, 0.3) is 0 Å². The molecule has 0 aromatic carbocycles. The Hall–Kier alpha value is -1.10. The van der Waals surface area contributed by atoms with Crippen molar-refractivity contribution < 1.29 is 24.2 Å². The second-order valence-corrected chi connectivity index (χ2v) is 11.0. The molecular formula is C31H60O5. The van der Waals surface area contributed by atoms with Crippen LogP contribution in [0.5, 0.6) is 0 Å². The molecule has 0 saturated heterocycles. The quantitative estimate of drug-likeness (QED) is 0.0928. The summed E-state index contributed by atoms with van der Waals surface area (Å²) in [6.45, 7) is 8.77. The molecule has 0 bridgehead atoms. The van der Waals surface area contributed by atoms with E-state index in [9.17, 15) is 14.7 Å². The summed E-state index contributed by atoms with van der Waals surface area (Å²) in [6.07, 6.45) is 21.5. The van der Waals surface area contributed by atoms with E-state index in [1.54, 1.807) is 0 Å². The van der Waals surface area contributed by atoms with Crippen molar-refractivity contribution in [1.29, 1.82) is 0 Å². The van der Waals surface area contributed by atoms with Gasteiger partial charge in [-0.2, -0.15) is 0 Å². The van der Waals surface area contributed by atoms with Crippen LogP contribution in [-0.2, 0) is 19.1 Å². The highest BCUT2D eigenvalue weighted by Crippen LogP contribution is 2.16. The molecule has 1 N–H and O–H groups in total. The zero-order chi connectivity index (χ0) is 26.9. The maximum atomic E-state index is 12.0. The van der Waals surface area contributed by atoms with Crippen molar-refractivity contribution in [1.82, 2.24) is 0 Å². The molecule has 0 aromatic heterocycles. The second kappa shape index (κ2) is 25.5. The Morgan fingerprint density at radius 3 is 1.42 bits per heavy atom. The smallest absolute Gasteiger partial charge is 0.306 e. The van der Waals surface area contributed by atoms with Crippen LogP contribution in [0, 0.1) is 11.8 Å². The molecule has 0 rings (SSSR count). The Morgan fingerprint density at radius 1 is 0.611 bits per heavy atom. The first-order chi connectivity index (χ1) is 17.4. The van der Waals surface area contributed by atoms with Crippen LogP contribution in [0.3, 0.4) is 0 Å². The molecule has 36 heavy (non-hydrogen) atoms. The summed E-state index contributed by atoms with van der Waals surface area (Å²) >= 11 is 0. The van der Waals surface area contributed by atoms with Crippen molar-refractivity contribution in [2.75, 3.05) is 13.2 Å². The third kappa shape index (κ3) is 23.3. The van der Waals surface area contributed by atoms with Gasteiger partial charge >= 0.3 is 11.9 Å². The van der Waals surface area contributed by atoms with Gasteiger partial charge in [-0.05, 0) is 24.7 Å². The minimum atomic E-state index is -0.762. The van der Waals surface area contributed by atoms with Gasteiger partial charge in [0.25, 0.3) is 0 Å². The summed E-state index contributed by atoms with van der Waals surface area (Å²) in [4.78, 5) is 24.0. The maximum Gasteiger partial charge on any atom is 0.306 e. The van der Waals surface area contributed by atoms with Gasteiger partial charge in [0.2, 0.25) is 0 Å². The average molecular weight is 513 g/mol. The number of aliphatic hydroxyl groups is 1. The fourth-order valence-electron chi connectivity index (χ4n) is 4.33. The summed E-state index contributed by atoms with van der Waals surface area (Å²) < 4.78 is 10.5. The Labute approximate surface area is 223 Å². The Morgan fingerprint density at radius 2 is 1.00 bits per heavy atom. The molecule has 0 amide bonds. The number of carbonyl (C=O) groups is 2. The average Bonchev–Trinajstić information content (AvgIpc) is 2.88. The molecule has 214 valence electrons. The SMILES string of the molecule is CCC(C)CCCCCCCCCCC(=O)O[C@@H](CO)COC(=O)CCCCCCCCC(C)CC. The lowest BCUT2D eigenvalue weighted by atomic mass is 9.99. The van der Waals surface area contributed by atoms with Gasteiger partial charge in [0, 0.05) is 12.8 Å². The van der Waals surface area contributed by atoms with Crippen LogP contribution in [0.1, 0.15) is 156 Å². The van der Waals surface area contributed by atoms with E-state index in [0.717, 1.165) is 50.4 Å². The molecular weight excluding hydrogens is 452 g/mol. The number of esters is 2. The highest BCUT2D eigenvalue weighted by Gasteiger charge is 2.16. The molecule has 0 spiro atoms. The third-order valence-electron chi connectivity index (χ3n) is 7.48. The Bertz CT molecular complexity index is 507. The summed E-state index contributed by atoms with van der Waals surface area (Å²) in [5.74, 6) is 1.09. The molecule has 0 fully saturated rings. The Balaban J connectivity index is 3.62. The van der Waals surface area contributed by atoms with E-state index in [1.165, 1.54) is 77.0 Å². The van der Waals surface area contributed by atoms with Crippen molar-refractivity contribution in [3.63, 3.8) is 0 Å². The molecule has 5 nitrogen and oxygen atoms in total. The first kappa shape index (κ1) is 34.9. The summed E-state index contributed by atoms with van der Waals surface area (Å²) in [7, 11) is 0.